The number of aldehydes is 1. The zero-order valence-electron chi connectivity index (χ0n) is 19.1. The van der Waals surface area contributed by atoms with Crippen molar-refractivity contribution in [3.8, 4) is 0 Å². The van der Waals surface area contributed by atoms with E-state index in [9.17, 15) is 9.59 Å². The van der Waals surface area contributed by atoms with E-state index in [0.717, 1.165) is 70.0 Å². The Labute approximate surface area is 186 Å². The summed E-state index contributed by atoms with van der Waals surface area (Å²) in [5.41, 5.74) is 0. The van der Waals surface area contributed by atoms with Crippen molar-refractivity contribution in [3.05, 3.63) is 18.2 Å². The SMILES string of the molecule is Cn1ccnc1C1CCCC(CCC(=O)N2CCN(C3CCCCC3)CC2)N1CC=O. The molecule has 0 radical (unpaired) electrons. The normalized spacial score (nSPS) is 26.8. The van der Waals surface area contributed by atoms with Crippen LogP contribution in [0.1, 0.15) is 76.1 Å². The van der Waals surface area contributed by atoms with Gasteiger partial charge in [0.25, 0.3) is 0 Å². The summed E-state index contributed by atoms with van der Waals surface area (Å²) < 4.78 is 2.06. The first-order valence-corrected chi connectivity index (χ1v) is 12.4. The Morgan fingerprint density at radius 3 is 2.52 bits per heavy atom. The molecule has 172 valence electrons. The molecule has 31 heavy (non-hydrogen) atoms. The van der Waals surface area contributed by atoms with Gasteiger partial charge in [-0.15, -0.1) is 0 Å². The Morgan fingerprint density at radius 2 is 1.84 bits per heavy atom. The number of piperidine rings is 1. The fourth-order valence-corrected chi connectivity index (χ4v) is 6.01. The number of aromatic nitrogens is 2. The van der Waals surface area contributed by atoms with Crippen LogP contribution in [-0.4, -0.2) is 81.3 Å². The fourth-order valence-electron chi connectivity index (χ4n) is 6.01. The zero-order chi connectivity index (χ0) is 21.6. The molecule has 1 amide bonds. The van der Waals surface area contributed by atoms with Gasteiger partial charge in [0.2, 0.25) is 5.91 Å². The van der Waals surface area contributed by atoms with Crippen LogP contribution in [0.2, 0.25) is 0 Å². The molecule has 0 spiro atoms. The Balaban J connectivity index is 1.29. The number of amides is 1. The minimum atomic E-state index is 0.165. The van der Waals surface area contributed by atoms with Gasteiger partial charge in [0.15, 0.2) is 0 Å². The lowest BCUT2D eigenvalue weighted by Crippen LogP contribution is -2.52. The van der Waals surface area contributed by atoms with Crippen LogP contribution in [0.4, 0.5) is 0 Å². The van der Waals surface area contributed by atoms with E-state index in [2.05, 4.69) is 24.3 Å². The Kier molecular flexibility index (Phi) is 7.77. The zero-order valence-corrected chi connectivity index (χ0v) is 19.1. The van der Waals surface area contributed by atoms with E-state index in [1.54, 1.807) is 0 Å². The van der Waals surface area contributed by atoms with Crippen molar-refractivity contribution >= 4 is 12.2 Å². The summed E-state index contributed by atoms with van der Waals surface area (Å²) in [5, 5.41) is 0. The summed E-state index contributed by atoms with van der Waals surface area (Å²) in [7, 11) is 2.02. The molecule has 3 heterocycles. The Bertz CT molecular complexity index is 721. The molecule has 0 aromatic carbocycles. The molecule has 1 aromatic heterocycles. The standard InChI is InChI=1S/C24H39N5O2/c1-26-13-12-25-24(26)22-9-5-8-21(29(22)18-19-30)10-11-23(31)28-16-14-27(15-17-28)20-6-3-2-4-7-20/h12-13,19-22H,2-11,14-18H2,1H3. The molecule has 4 rings (SSSR count). The molecule has 2 unspecified atom stereocenters. The summed E-state index contributed by atoms with van der Waals surface area (Å²) in [6.07, 6.45) is 16.2. The number of piperazine rings is 1. The van der Waals surface area contributed by atoms with E-state index in [1.807, 2.05) is 19.4 Å². The minimum Gasteiger partial charge on any atom is -0.340 e. The smallest absolute Gasteiger partial charge is 0.222 e. The highest BCUT2D eigenvalue weighted by Crippen LogP contribution is 2.35. The first kappa shape index (κ1) is 22.5. The number of rotatable bonds is 7. The summed E-state index contributed by atoms with van der Waals surface area (Å²) in [6, 6.07) is 1.18. The number of carbonyl (C=O) groups is 2. The molecular formula is C24H39N5O2. The molecular weight excluding hydrogens is 390 g/mol. The molecule has 7 heteroatoms. The highest BCUT2D eigenvalue weighted by Gasteiger charge is 2.34. The second-order valence-corrected chi connectivity index (χ2v) is 9.61. The number of nitrogens with zero attached hydrogens (tertiary/aromatic N) is 5. The van der Waals surface area contributed by atoms with Crippen LogP contribution >= 0.6 is 0 Å². The predicted octanol–water partition coefficient (Wildman–Crippen LogP) is 2.77. The van der Waals surface area contributed by atoms with Crippen LogP contribution in [0.3, 0.4) is 0 Å². The van der Waals surface area contributed by atoms with Gasteiger partial charge in [-0.2, -0.15) is 0 Å². The first-order chi connectivity index (χ1) is 15.2. The molecule has 1 aliphatic carbocycles. The van der Waals surface area contributed by atoms with Crippen LogP contribution in [0.15, 0.2) is 12.4 Å². The molecule has 7 nitrogen and oxygen atoms in total. The van der Waals surface area contributed by atoms with E-state index < -0.39 is 0 Å². The van der Waals surface area contributed by atoms with Gasteiger partial charge < -0.3 is 14.3 Å². The third-order valence-corrected chi connectivity index (χ3v) is 7.78. The lowest BCUT2D eigenvalue weighted by molar-refractivity contribution is -0.134. The highest BCUT2D eigenvalue weighted by atomic mass is 16.2. The van der Waals surface area contributed by atoms with Crippen molar-refractivity contribution in [1.29, 1.82) is 0 Å². The van der Waals surface area contributed by atoms with Gasteiger partial charge in [-0.3, -0.25) is 14.6 Å². The second-order valence-electron chi connectivity index (χ2n) is 9.61. The van der Waals surface area contributed by atoms with Crippen molar-refractivity contribution in [2.45, 2.75) is 82.3 Å². The summed E-state index contributed by atoms with van der Waals surface area (Å²) in [5.74, 6) is 1.31. The van der Waals surface area contributed by atoms with Gasteiger partial charge in [-0.05, 0) is 38.5 Å². The van der Waals surface area contributed by atoms with E-state index in [1.165, 1.54) is 32.1 Å². The highest BCUT2D eigenvalue weighted by molar-refractivity contribution is 5.76. The topological polar surface area (TPSA) is 61.7 Å². The van der Waals surface area contributed by atoms with Crippen LogP contribution < -0.4 is 0 Å². The summed E-state index contributed by atoms with van der Waals surface area (Å²) >= 11 is 0. The maximum atomic E-state index is 13.0. The van der Waals surface area contributed by atoms with Gasteiger partial charge >= 0.3 is 0 Å². The third-order valence-electron chi connectivity index (χ3n) is 7.78. The molecule has 3 fully saturated rings. The molecule has 0 bridgehead atoms. The summed E-state index contributed by atoms with van der Waals surface area (Å²) in [4.78, 5) is 35.9. The molecule has 2 saturated heterocycles. The molecule has 3 aliphatic rings. The van der Waals surface area contributed by atoms with E-state index >= 15 is 0 Å². The minimum absolute atomic E-state index is 0.165. The van der Waals surface area contributed by atoms with Gasteiger partial charge in [0.05, 0.1) is 12.6 Å². The number of hydrogen-bond acceptors (Lipinski definition) is 5. The fraction of sp³-hybridized carbons (Fsp3) is 0.792. The van der Waals surface area contributed by atoms with Crippen molar-refractivity contribution in [2.24, 2.45) is 7.05 Å². The molecule has 1 saturated carbocycles. The van der Waals surface area contributed by atoms with Crippen LogP contribution in [0.5, 0.6) is 0 Å². The first-order valence-electron chi connectivity index (χ1n) is 12.4. The number of imidazole rings is 1. The maximum Gasteiger partial charge on any atom is 0.222 e. The molecule has 2 aliphatic heterocycles. The van der Waals surface area contributed by atoms with E-state index in [4.69, 9.17) is 0 Å². The number of aryl methyl sites for hydroxylation is 1. The van der Waals surface area contributed by atoms with Crippen molar-refractivity contribution < 1.29 is 9.59 Å². The van der Waals surface area contributed by atoms with Crippen molar-refractivity contribution in [2.75, 3.05) is 32.7 Å². The van der Waals surface area contributed by atoms with Crippen LogP contribution in [0, 0.1) is 0 Å². The number of carbonyl (C=O) groups excluding carboxylic acids is 2. The monoisotopic (exact) mass is 429 g/mol. The lowest BCUT2D eigenvalue weighted by Gasteiger charge is -2.42. The second kappa shape index (κ2) is 10.7. The predicted molar refractivity (Wildman–Crippen MR) is 121 cm³/mol. The van der Waals surface area contributed by atoms with E-state index in [-0.39, 0.29) is 18.0 Å². The number of hydrogen-bond donors (Lipinski definition) is 0. The molecule has 1 aromatic rings. The van der Waals surface area contributed by atoms with Gasteiger partial charge in [-0.1, -0.05) is 19.3 Å². The average Bonchev–Trinajstić information content (AvgIpc) is 3.24. The van der Waals surface area contributed by atoms with Gasteiger partial charge in [-0.25, -0.2) is 4.98 Å². The van der Waals surface area contributed by atoms with Gasteiger partial charge in [0.1, 0.15) is 12.1 Å². The Hall–Kier alpha value is -1.73. The average molecular weight is 430 g/mol. The van der Waals surface area contributed by atoms with Crippen LogP contribution in [-0.2, 0) is 16.6 Å². The Morgan fingerprint density at radius 1 is 1.06 bits per heavy atom. The van der Waals surface area contributed by atoms with Gasteiger partial charge in [0, 0.05) is 64.1 Å². The summed E-state index contributed by atoms with van der Waals surface area (Å²) in [6.45, 7) is 4.20. The quantitative estimate of drug-likeness (QED) is 0.624. The van der Waals surface area contributed by atoms with Crippen LogP contribution in [0.25, 0.3) is 0 Å². The molecule has 2 atom stereocenters. The number of likely N-dealkylation sites (tertiary alicyclic amines) is 1. The van der Waals surface area contributed by atoms with E-state index in [0.29, 0.717) is 13.0 Å². The third kappa shape index (κ3) is 5.37. The largest absolute Gasteiger partial charge is 0.340 e. The molecule has 0 N–H and O–H groups in total. The maximum absolute atomic E-state index is 13.0. The van der Waals surface area contributed by atoms with Crippen molar-refractivity contribution in [3.63, 3.8) is 0 Å². The van der Waals surface area contributed by atoms with Crippen molar-refractivity contribution in [1.82, 2.24) is 24.3 Å². The lowest BCUT2D eigenvalue weighted by atomic mass is 9.91.